The van der Waals surface area contributed by atoms with E-state index >= 15 is 0 Å². The van der Waals surface area contributed by atoms with E-state index in [-0.39, 0.29) is 5.91 Å². The number of esters is 1. The van der Waals surface area contributed by atoms with Crippen LogP contribution in [-0.4, -0.2) is 27.5 Å². The van der Waals surface area contributed by atoms with Crippen molar-refractivity contribution in [2.24, 2.45) is 0 Å². The van der Waals surface area contributed by atoms with Crippen molar-refractivity contribution in [3.05, 3.63) is 78.6 Å². The van der Waals surface area contributed by atoms with Crippen LogP contribution < -0.4 is 0 Å². The van der Waals surface area contributed by atoms with E-state index in [2.05, 4.69) is 4.98 Å². The van der Waals surface area contributed by atoms with Crippen LogP contribution in [0.15, 0.2) is 73.1 Å². The molecule has 0 bridgehead atoms. The van der Waals surface area contributed by atoms with Gasteiger partial charge in [-0.05, 0) is 30.7 Å². The Morgan fingerprint density at radius 2 is 1.48 bits per heavy atom. The monoisotopic (exact) mass is 358 g/mol. The molecule has 0 saturated heterocycles. The van der Waals surface area contributed by atoms with Gasteiger partial charge >= 0.3 is 5.97 Å². The maximum Gasteiger partial charge on any atom is 0.339 e. The van der Waals surface area contributed by atoms with Gasteiger partial charge in [0.05, 0.1) is 16.6 Å². The number of ether oxygens (including phenoxy) is 1. The zero-order valence-corrected chi connectivity index (χ0v) is 14.8. The molecule has 4 rings (SSSR count). The molecule has 0 radical (unpaired) electrons. The summed E-state index contributed by atoms with van der Waals surface area (Å²) in [6.07, 6.45) is 2.56. The van der Waals surface area contributed by atoms with Crippen LogP contribution >= 0.6 is 0 Å². The number of carbonyl (C=O) groups is 2. The van der Waals surface area contributed by atoms with Crippen molar-refractivity contribution in [1.29, 1.82) is 0 Å². The number of carbonyl (C=O) groups excluding carboxylic acids is 2. The molecule has 0 aliphatic heterocycles. The first-order chi connectivity index (χ1) is 13.2. The SMILES string of the molecule is CCC(OC(=O)c1ccncc1)C(=O)n1c2ccccc2c2ccccc21. The number of hydrogen-bond donors (Lipinski definition) is 0. The van der Waals surface area contributed by atoms with E-state index in [4.69, 9.17) is 4.74 Å². The highest BCUT2D eigenvalue weighted by atomic mass is 16.5. The largest absolute Gasteiger partial charge is 0.449 e. The number of fused-ring (bicyclic) bond motifs is 3. The van der Waals surface area contributed by atoms with Crippen molar-refractivity contribution in [2.75, 3.05) is 0 Å². The number of para-hydroxylation sites is 2. The van der Waals surface area contributed by atoms with E-state index in [0.29, 0.717) is 12.0 Å². The summed E-state index contributed by atoms with van der Waals surface area (Å²) in [4.78, 5) is 29.6. The van der Waals surface area contributed by atoms with Crippen LogP contribution in [0.4, 0.5) is 0 Å². The Morgan fingerprint density at radius 3 is 2.04 bits per heavy atom. The average molecular weight is 358 g/mol. The molecule has 0 saturated carbocycles. The van der Waals surface area contributed by atoms with Crippen molar-refractivity contribution in [3.63, 3.8) is 0 Å². The van der Waals surface area contributed by atoms with Crippen LogP contribution in [0.25, 0.3) is 21.8 Å². The summed E-state index contributed by atoms with van der Waals surface area (Å²) in [5.74, 6) is -0.782. The molecule has 2 aromatic carbocycles. The summed E-state index contributed by atoms with van der Waals surface area (Å²) < 4.78 is 7.18. The first-order valence-electron chi connectivity index (χ1n) is 8.84. The maximum absolute atomic E-state index is 13.3. The number of pyridine rings is 1. The standard InChI is InChI=1S/C22H18N2O3/c1-2-20(27-22(26)15-11-13-23-14-12-15)21(25)24-18-9-5-3-7-16(18)17-8-4-6-10-19(17)24/h3-14,20H,2H2,1H3. The van der Waals surface area contributed by atoms with Gasteiger partial charge in [-0.15, -0.1) is 0 Å². The molecule has 0 fully saturated rings. The summed E-state index contributed by atoms with van der Waals surface area (Å²) in [5.41, 5.74) is 1.99. The molecule has 0 spiro atoms. The van der Waals surface area contributed by atoms with E-state index in [1.165, 1.54) is 12.4 Å². The molecule has 4 aromatic rings. The third kappa shape index (κ3) is 2.97. The lowest BCUT2D eigenvalue weighted by atomic mass is 10.2. The smallest absolute Gasteiger partial charge is 0.339 e. The molecule has 1 unspecified atom stereocenters. The number of benzene rings is 2. The number of aromatic nitrogens is 2. The predicted octanol–water partition coefficient (Wildman–Crippen LogP) is 4.47. The van der Waals surface area contributed by atoms with Crippen LogP contribution in [0, 0.1) is 0 Å². The Kier molecular flexibility index (Phi) is 4.42. The van der Waals surface area contributed by atoms with Crippen LogP contribution in [-0.2, 0) is 4.74 Å². The van der Waals surface area contributed by atoms with Gasteiger partial charge in [-0.2, -0.15) is 0 Å². The fourth-order valence-corrected chi connectivity index (χ4v) is 3.30. The van der Waals surface area contributed by atoms with Gasteiger partial charge in [0.25, 0.3) is 5.91 Å². The lowest BCUT2D eigenvalue weighted by Crippen LogP contribution is -2.31. The normalized spacial score (nSPS) is 12.2. The third-order valence-corrected chi connectivity index (χ3v) is 4.61. The minimum absolute atomic E-state index is 0.252. The molecule has 0 N–H and O–H groups in total. The quantitative estimate of drug-likeness (QED) is 0.505. The van der Waals surface area contributed by atoms with Gasteiger partial charge in [0.2, 0.25) is 0 Å². The fraction of sp³-hybridized carbons (Fsp3) is 0.136. The summed E-state index contributed by atoms with van der Waals surface area (Å²) in [6.45, 7) is 1.83. The molecule has 2 aromatic heterocycles. The molecule has 1 atom stereocenters. The lowest BCUT2D eigenvalue weighted by Gasteiger charge is -2.17. The van der Waals surface area contributed by atoms with Crippen molar-refractivity contribution >= 4 is 33.7 Å². The molecule has 0 aliphatic rings. The van der Waals surface area contributed by atoms with Crippen LogP contribution in [0.3, 0.4) is 0 Å². The zero-order chi connectivity index (χ0) is 18.8. The van der Waals surface area contributed by atoms with Crippen molar-refractivity contribution < 1.29 is 14.3 Å². The van der Waals surface area contributed by atoms with E-state index < -0.39 is 12.1 Å². The summed E-state index contributed by atoms with van der Waals surface area (Å²) in [6, 6.07) is 18.6. The van der Waals surface area contributed by atoms with E-state index in [1.54, 1.807) is 16.7 Å². The first-order valence-corrected chi connectivity index (χ1v) is 8.84. The highest BCUT2D eigenvalue weighted by molar-refractivity contribution is 6.14. The van der Waals surface area contributed by atoms with Gasteiger partial charge in [-0.3, -0.25) is 14.3 Å². The third-order valence-electron chi connectivity index (χ3n) is 4.61. The van der Waals surface area contributed by atoms with Crippen LogP contribution in [0.2, 0.25) is 0 Å². The highest BCUT2D eigenvalue weighted by Gasteiger charge is 2.26. The van der Waals surface area contributed by atoms with Crippen molar-refractivity contribution in [3.8, 4) is 0 Å². The molecule has 5 heteroatoms. The molecule has 2 heterocycles. The second-order valence-electron chi connectivity index (χ2n) is 6.25. The Hall–Kier alpha value is -3.47. The molecule has 0 amide bonds. The number of hydrogen-bond acceptors (Lipinski definition) is 4. The zero-order valence-electron chi connectivity index (χ0n) is 14.8. The minimum atomic E-state index is -0.870. The van der Waals surface area contributed by atoms with Gasteiger partial charge < -0.3 is 4.74 Å². The van der Waals surface area contributed by atoms with Crippen molar-refractivity contribution in [2.45, 2.75) is 19.4 Å². The Labute approximate surface area is 156 Å². The number of nitrogens with zero attached hydrogens (tertiary/aromatic N) is 2. The molecular formula is C22H18N2O3. The predicted molar refractivity (Wildman–Crippen MR) is 104 cm³/mol. The Balaban J connectivity index is 1.75. The van der Waals surface area contributed by atoms with Crippen molar-refractivity contribution in [1.82, 2.24) is 9.55 Å². The lowest BCUT2D eigenvalue weighted by molar-refractivity contribution is 0.0245. The molecule has 5 nitrogen and oxygen atoms in total. The molecule has 27 heavy (non-hydrogen) atoms. The number of rotatable bonds is 4. The maximum atomic E-state index is 13.3. The van der Waals surface area contributed by atoms with Crippen LogP contribution in [0.1, 0.15) is 28.5 Å². The Morgan fingerprint density at radius 1 is 0.926 bits per heavy atom. The summed E-state index contributed by atoms with van der Waals surface area (Å²) in [5, 5.41) is 1.99. The van der Waals surface area contributed by atoms with Gasteiger partial charge in [-0.1, -0.05) is 43.3 Å². The second-order valence-corrected chi connectivity index (χ2v) is 6.25. The molecular weight excluding hydrogens is 340 g/mol. The van der Waals surface area contributed by atoms with E-state index in [9.17, 15) is 9.59 Å². The summed E-state index contributed by atoms with van der Waals surface area (Å²) in [7, 11) is 0. The first kappa shape index (κ1) is 17.0. The second kappa shape index (κ2) is 7.03. The van der Waals surface area contributed by atoms with Gasteiger partial charge in [-0.25, -0.2) is 4.79 Å². The highest BCUT2D eigenvalue weighted by Crippen LogP contribution is 2.29. The van der Waals surface area contributed by atoms with E-state index in [1.807, 2.05) is 55.5 Å². The van der Waals surface area contributed by atoms with E-state index in [0.717, 1.165) is 21.8 Å². The fourth-order valence-electron chi connectivity index (χ4n) is 3.30. The molecule has 134 valence electrons. The topological polar surface area (TPSA) is 61.2 Å². The molecule has 0 aliphatic carbocycles. The van der Waals surface area contributed by atoms with Gasteiger partial charge in [0, 0.05) is 23.2 Å². The Bertz CT molecular complexity index is 1080. The average Bonchev–Trinajstić information content (AvgIpc) is 3.06. The minimum Gasteiger partial charge on any atom is -0.449 e. The summed E-state index contributed by atoms with van der Waals surface area (Å²) >= 11 is 0. The van der Waals surface area contributed by atoms with Gasteiger partial charge in [0.15, 0.2) is 6.10 Å². The van der Waals surface area contributed by atoms with Gasteiger partial charge in [0.1, 0.15) is 0 Å². The van der Waals surface area contributed by atoms with Crippen LogP contribution in [0.5, 0.6) is 0 Å².